The van der Waals surface area contributed by atoms with Crippen LogP contribution in [0.15, 0.2) is 24.3 Å². The summed E-state index contributed by atoms with van der Waals surface area (Å²) in [6.45, 7) is 3.93. The summed E-state index contributed by atoms with van der Waals surface area (Å²) < 4.78 is 0. The minimum absolute atomic E-state index is 0.00367. The van der Waals surface area contributed by atoms with Crippen molar-refractivity contribution in [3.05, 3.63) is 50.2 Å². The number of anilines is 1. The van der Waals surface area contributed by atoms with Gasteiger partial charge in [-0.25, -0.2) is 0 Å². The van der Waals surface area contributed by atoms with Crippen molar-refractivity contribution >= 4 is 34.4 Å². The van der Waals surface area contributed by atoms with E-state index in [0.717, 1.165) is 15.3 Å². The predicted octanol–water partition coefficient (Wildman–Crippen LogP) is 3.83. The van der Waals surface area contributed by atoms with Crippen molar-refractivity contribution < 1.29 is 4.79 Å². The molecular formula is C13H12ClNOS. The Balaban J connectivity index is 2.44. The van der Waals surface area contributed by atoms with E-state index in [2.05, 4.69) is 0 Å². The Kier molecular flexibility index (Phi) is 3.22. The van der Waals surface area contributed by atoms with E-state index in [1.165, 1.54) is 11.3 Å². The minimum Gasteiger partial charge on any atom is -0.398 e. The lowest BCUT2D eigenvalue weighted by Crippen LogP contribution is -2.01. The van der Waals surface area contributed by atoms with Crippen LogP contribution in [-0.2, 0) is 0 Å². The Bertz CT molecular complexity index is 589. The summed E-state index contributed by atoms with van der Waals surface area (Å²) in [6.07, 6.45) is 0. The Morgan fingerprint density at radius 3 is 2.53 bits per heavy atom. The van der Waals surface area contributed by atoms with Crippen molar-refractivity contribution in [1.29, 1.82) is 0 Å². The maximum Gasteiger partial charge on any atom is 0.203 e. The molecule has 0 saturated carbocycles. The van der Waals surface area contributed by atoms with Gasteiger partial charge in [0.1, 0.15) is 0 Å². The number of thiophene rings is 1. The first kappa shape index (κ1) is 12.1. The van der Waals surface area contributed by atoms with Crippen LogP contribution in [0.1, 0.15) is 25.7 Å². The van der Waals surface area contributed by atoms with Crippen LogP contribution in [0.2, 0.25) is 5.02 Å². The summed E-state index contributed by atoms with van der Waals surface area (Å²) in [5, 5.41) is 0.473. The van der Waals surface area contributed by atoms with Gasteiger partial charge in [-0.15, -0.1) is 11.3 Å². The molecule has 2 aromatic rings. The van der Waals surface area contributed by atoms with Crippen LogP contribution in [0.3, 0.4) is 0 Å². The molecule has 0 atom stereocenters. The number of ketones is 1. The zero-order chi connectivity index (χ0) is 12.6. The number of aryl methyl sites for hydroxylation is 2. The highest BCUT2D eigenvalue weighted by molar-refractivity contribution is 7.14. The fourth-order valence-electron chi connectivity index (χ4n) is 1.68. The number of hydrogen-bond donors (Lipinski definition) is 1. The minimum atomic E-state index is 0.00367. The van der Waals surface area contributed by atoms with E-state index in [9.17, 15) is 4.79 Å². The van der Waals surface area contributed by atoms with Crippen molar-refractivity contribution in [2.75, 3.05) is 5.73 Å². The quantitative estimate of drug-likeness (QED) is 0.662. The maximum absolute atomic E-state index is 12.3. The summed E-state index contributed by atoms with van der Waals surface area (Å²) in [7, 11) is 0. The summed E-state index contributed by atoms with van der Waals surface area (Å²) >= 11 is 7.34. The van der Waals surface area contributed by atoms with Crippen molar-refractivity contribution in [2.45, 2.75) is 13.8 Å². The fraction of sp³-hybridized carbons (Fsp3) is 0.154. The van der Waals surface area contributed by atoms with E-state index in [-0.39, 0.29) is 5.78 Å². The Morgan fingerprint density at radius 2 is 2.00 bits per heavy atom. The van der Waals surface area contributed by atoms with Gasteiger partial charge in [-0.1, -0.05) is 11.6 Å². The van der Waals surface area contributed by atoms with Crippen LogP contribution < -0.4 is 5.73 Å². The number of benzene rings is 1. The molecule has 2 rings (SSSR count). The molecule has 0 aliphatic heterocycles. The molecule has 4 heteroatoms. The van der Waals surface area contributed by atoms with Gasteiger partial charge in [0, 0.05) is 10.4 Å². The Labute approximate surface area is 109 Å². The van der Waals surface area contributed by atoms with Crippen LogP contribution in [0.5, 0.6) is 0 Å². The molecule has 2 nitrogen and oxygen atoms in total. The normalized spacial score (nSPS) is 10.5. The van der Waals surface area contributed by atoms with Gasteiger partial charge in [0.25, 0.3) is 0 Å². The summed E-state index contributed by atoms with van der Waals surface area (Å²) in [5.74, 6) is 0.00367. The molecule has 17 heavy (non-hydrogen) atoms. The van der Waals surface area contributed by atoms with E-state index in [1.807, 2.05) is 19.9 Å². The lowest BCUT2D eigenvalue weighted by Gasteiger charge is -2.02. The molecule has 1 heterocycles. The van der Waals surface area contributed by atoms with E-state index >= 15 is 0 Å². The Hall–Kier alpha value is -1.32. The molecule has 0 spiro atoms. The van der Waals surface area contributed by atoms with Crippen molar-refractivity contribution in [3.8, 4) is 0 Å². The molecule has 0 bridgehead atoms. The third-order valence-corrected chi connectivity index (χ3v) is 4.00. The molecule has 1 aromatic carbocycles. The molecule has 0 fully saturated rings. The summed E-state index contributed by atoms with van der Waals surface area (Å²) in [6, 6.07) is 6.99. The first-order valence-electron chi connectivity index (χ1n) is 5.16. The van der Waals surface area contributed by atoms with Crippen molar-refractivity contribution in [1.82, 2.24) is 0 Å². The summed E-state index contributed by atoms with van der Waals surface area (Å²) in [4.78, 5) is 14.2. The number of halogens is 1. The second kappa shape index (κ2) is 4.51. The lowest BCUT2D eigenvalue weighted by molar-refractivity contribution is 0.104. The largest absolute Gasteiger partial charge is 0.398 e. The van der Waals surface area contributed by atoms with Crippen LogP contribution in [0, 0.1) is 13.8 Å². The Morgan fingerprint density at radius 1 is 1.29 bits per heavy atom. The summed E-state index contributed by atoms with van der Waals surface area (Å²) in [5.41, 5.74) is 7.72. The number of carbonyl (C=O) groups excluding carboxylic acids is 1. The zero-order valence-corrected chi connectivity index (χ0v) is 11.2. The van der Waals surface area contributed by atoms with Gasteiger partial charge >= 0.3 is 0 Å². The smallest absolute Gasteiger partial charge is 0.203 e. The molecule has 0 saturated heterocycles. The van der Waals surface area contributed by atoms with E-state index in [4.69, 9.17) is 17.3 Å². The van der Waals surface area contributed by atoms with Crippen LogP contribution in [0.4, 0.5) is 5.69 Å². The van der Waals surface area contributed by atoms with Gasteiger partial charge in [0.05, 0.1) is 15.6 Å². The zero-order valence-electron chi connectivity index (χ0n) is 9.58. The fourth-order valence-corrected chi connectivity index (χ4v) is 2.79. The molecule has 0 amide bonds. The molecule has 0 radical (unpaired) electrons. The first-order chi connectivity index (χ1) is 7.99. The number of hydrogen-bond acceptors (Lipinski definition) is 3. The van der Waals surface area contributed by atoms with E-state index in [0.29, 0.717) is 16.3 Å². The van der Waals surface area contributed by atoms with Crippen LogP contribution in [-0.4, -0.2) is 5.78 Å². The predicted molar refractivity (Wildman–Crippen MR) is 73.1 cm³/mol. The van der Waals surface area contributed by atoms with Crippen molar-refractivity contribution in [3.63, 3.8) is 0 Å². The first-order valence-corrected chi connectivity index (χ1v) is 6.35. The number of rotatable bonds is 2. The van der Waals surface area contributed by atoms with Gasteiger partial charge in [0.2, 0.25) is 5.78 Å². The number of nitrogen functional groups attached to an aromatic ring is 1. The van der Waals surface area contributed by atoms with Crippen LogP contribution in [0.25, 0.3) is 0 Å². The highest BCUT2D eigenvalue weighted by Gasteiger charge is 2.15. The highest BCUT2D eigenvalue weighted by atomic mass is 35.5. The van der Waals surface area contributed by atoms with Crippen LogP contribution >= 0.6 is 22.9 Å². The topological polar surface area (TPSA) is 43.1 Å². The third kappa shape index (κ3) is 2.35. The van der Waals surface area contributed by atoms with E-state index < -0.39 is 0 Å². The van der Waals surface area contributed by atoms with Gasteiger partial charge in [0.15, 0.2) is 0 Å². The second-order valence-corrected chi connectivity index (χ2v) is 5.60. The maximum atomic E-state index is 12.3. The second-order valence-electron chi connectivity index (χ2n) is 3.93. The number of nitrogens with two attached hydrogens (primary N) is 1. The lowest BCUT2D eigenvalue weighted by atomic mass is 10.1. The average Bonchev–Trinajstić information content (AvgIpc) is 2.61. The van der Waals surface area contributed by atoms with Gasteiger partial charge in [-0.2, -0.15) is 0 Å². The molecule has 0 unspecified atom stereocenters. The SMILES string of the molecule is Cc1cc(C)c(C(=O)c2ccc(Cl)c(N)c2)s1. The third-order valence-electron chi connectivity index (χ3n) is 2.51. The molecule has 88 valence electrons. The average molecular weight is 266 g/mol. The van der Waals surface area contributed by atoms with Gasteiger partial charge < -0.3 is 5.73 Å². The molecule has 0 aliphatic rings. The highest BCUT2D eigenvalue weighted by Crippen LogP contribution is 2.26. The molecular weight excluding hydrogens is 254 g/mol. The van der Waals surface area contributed by atoms with Gasteiger partial charge in [-0.05, 0) is 43.7 Å². The van der Waals surface area contributed by atoms with Gasteiger partial charge in [-0.3, -0.25) is 4.79 Å². The molecule has 2 N–H and O–H groups in total. The van der Waals surface area contributed by atoms with Crippen molar-refractivity contribution in [2.24, 2.45) is 0 Å². The number of carbonyl (C=O) groups is 1. The monoisotopic (exact) mass is 265 g/mol. The molecule has 0 aliphatic carbocycles. The molecule has 1 aromatic heterocycles. The van der Waals surface area contributed by atoms with E-state index in [1.54, 1.807) is 18.2 Å². The standard InChI is InChI=1S/C13H12ClNOS/c1-7-5-8(2)17-13(7)12(16)9-3-4-10(14)11(15)6-9/h3-6H,15H2,1-2H3.